The van der Waals surface area contributed by atoms with Crippen LogP contribution < -0.4 is 10.1 Å². The summed E-state index contributed by atoms with van der Waals surface area (Å²) in [4.78, 5) is 22.9. The maximum atomic E-state index is 13.5. The van der Waals surface area contributed by atoms with Gasteiger partial charge in [-0.25, -0.2) is 14.5 Å². The van der Waals surface area contributed by atoms with E-state index in [2.05, 4.69) is 29.2 Å². The first-order chi connectivity index (χ1) is 16.8. The topological polar surface area (TPSA) is 95.1 Å². The van der Waals surface area contributed by atoms with Gasteiger partial charge in [-0.3, -0.25) is 4.79 Å². The number of pyridine rings is 1. The second kappa shape index (κ2) is 7.04. The standard InChI is InChI=1S/C26H28N6O3/c1-15-7-27-23-19(8-28-32(23)9-15)29-24(33)18-10-31-11-21(26-12-25(3,13-26)34-14-26)30-22(31)6-20(18)35-16(2)17-4-5-17/h6-11,16-17H,4-5,12-14H2,1-3H3,(H,29,33)/t16-,25?,26?/m1/s1. The van der Waals surface area contributed by atoms with Gasteiger partial charge in [0.1, 0.15) is 17.1 Å². The van der Waals surface area contributed by atoms with Crippen molar-refractivity contribution >= 4 is 22.9 Å². The number of rotatable bonds is 6. The summed E-state index contributed by atoms with van der Waals surface area (Å²) in [5.41, 5.74) is 4.35. The zero-order chi connectivity index (χ0) is 23.9. The summed E-state index contributed by atoms with van der Waals surface area (Å²) >= 11 is 0. The van der Waals surface area contributed by atoms with Gasteiger partial charge in [0.2, 0.25) is 0 Å². The van der Waals surface area contributed by atoms with Gasteiger partial charge in [-0.15, -0.1) is 0 Å². The summed E-state index contributed by atoms with van der Waals surface area (Å²) in [5, 5.41) is 7.31. The SMILES string of the molecule is Cc1cnc2c(NC(=O)c3cn4cc(C56COC(C)(C5)C6)nc4cc3O[C@H](C)C3CC3)cnn2c1. The van der Waals surface area contributed by atoms with Gasteiger partial charge >= 0.3 is 0 Å². The average Bonchev–Trinajstić information content (AvgIpc) is 3.14. The Labute approximate surface area is 202 Å². The predicted molar refractivity (Wildman–Crippen MR) is 129 cm³/mol. The molecule has 9 nitrogen and oxygen atoms in total. The molecule has 4 fully saturated rings. The Morgan fingerprint density at radius 2 is 2.09 bits per heavy atom. The van der Waals surface area contributed by atoms with E-state index in [1.807, 2.05) is 36.0 Å². The molecule has 0 aromatic carbocycles. The van der Waals surface area contributed by atoms with Gasteiger partial charge in [-0.1, -0.05) is 0 Å². The average molecular weight is 473 g/mol. The third-order valence-corrected chi connectivity index (χ3v) is 7.80. The van der Waals surface area contributed by atoms with Crippen LogP contribution in [0.5, 0.6) is 5.75 Å². The highest BCUT2D eigenvalue weighted by molar-refractivity contribution is 6.07. The van der Waals surface area contributed by atoms with Crippen LogP contribution in [0.3, 0.4) is 0 Å². The second-order valence-electron chi connectivity index (χ2n) is 10.9. The first-order valence-electron chi connectivity index (χ1n) is 12.3. The minimum Gasteiger partial charge on any atom is -0.489 e. The van der Waals surface area contributed by atoms with Gasteiger partial charge < -0.3 is 19.2 Å². The van der Waals surface area contributed by atoms with Crippen LogP contribution in [0, 0.1) is 12.8 Å². The summed E-state index contributed by atoms with van der Waals surface area (Å²) < 4.78 is 15.9. The van der Waals surface area contributed by atoms with Crippen molar-refractivity contribution < 1.29 is 14.3 Å². The van der Waals surface area contributed by atoms with Crippen LogP contribution in [0.15, 0.2) is 37.1 Å². The van der Waals surface area contributed by atoms with Crippen molar-refractivity contribution in [2.24, 2.45) is 5.92 Å². The normalized spacial score (nSPS) is 26.1. The van der Waals surface area contributed by atoms with E-state index in [4.69, 9.17) is 14.5 Å². The molecule has 1 amide bonds. The second-order valence-corrected chi connectivity index (χ2v) is 10.9. The molecule has 0 unspecified atom stereocenters. The number of aryl methyl sites for hydroxylation is 1. The highest BCUT2D eigenvalue weighted by atomic mass is 16.5. The number of carbonyl (C=O) groups excluding carboxylic acids is 1. The number of aromatic nitrogens is 5. The van der Waals surface area contributed by atoms with E-state index < -0.39 is 0 Å². The van der Waals surface area contributed by atoms with Crippen molar-refractivity contribution in [1.29, 1.82) is 0 Å². The van der Waals surface area contributed by atoms with E-state index in [-0.39, 0.29) is 23.0 Å². The molecule has 6 heterocycles. The third kappa shape index (κ3) is 3.32. The van der Waals surface area contributed by atoms with Crippen LogP contribution in [0.4, 0.5) is 5.69 Å². The van der Waals surface area contributed by atoms with Crippen molar-refractivity contribution in [2.45, 2.75) is 63.6 Å². The van der Waals surface area contributed by atoms with Crippen molar-refractivity contribution in [1.82, 2.24) is 24.0 Å². The molecule has 8 rings (SSSR count). The summed E-state index contributed by atoms with van der Waals surface area (Å²) in [5.74, 6) is 0.813. The van der Waals surface area contributed by atoms with Crippen LogP contribution in [-0.4, -0.2) is 48.2 Å². The molecule has 2 aliphatic carbocycles. The van der Waals surface area contributed by atoms with Gasteiger partial charge in [-0.05, 0) is 57.9 Å². The van der Waals surface area contributed by atoms with Crippen molar-refractivity contribution in [2.75, 3.05) is 11.9 Å². The summed E-state index contributed by atoms with van der Waals surface area (Å²) in [7, 11) is 0. The third-order valence-electron chi connectivity index (χ3n) is 7.80. The molecule has 2 saturated carbocycles. The van der Waals surface area contributed by atoms with E-state index >= 15 is 0 Å². The molecule has 0 radical (unpaired) electrons. The molecule has 2 aliphatic heterocycles. The Morgan fingerprint density at radius 3 is 2.83 bits per heavy atom. The smallest absolute Gasteiger partial charge is 0.261 e. The number of hydrogen-bond donors (Lipinski definition) is 1. The molecule has 2 bridgehead atoms. The Bertz CT molecular complexity index is 1490. The number of carbonyl (C=O) groups is 1. The van der Waals surface area contributed by atoms with E-state index in [9.17, 15) is 4.79 Å². The van der Waals surface area contributed by atoms with Gasteiger partial charge in [0.05, 0.1) is 35.8 Å². The van der Waals surface area contributed by atoms with Crippen LogP contribution in [0.1, 0.15) is 61.1 Å². The zero-order valence-electron chi connectivity index (χ0n) is 20.1. The van der Waals surface area contributed by atoms with Crippen LogP contribution >= 0.6 is 0 Å². The number of hydrogen-bond acceptors (Lipinski definition) is 6. The molecule has 1 atom stereocenters. The Balaban J connectivity index is 1.26. The van der Waals surface area contributed by atoms with Crippen LogP contribution in [-0.2, 0) is 10.2 Å². The quantitative estimate of drug-likeness (QED) is 0.457. The largest absolute Gasteiger partial charge is 0.489 e. The molecular weight excluding hydrogens is 444 g/mol. The number of fused-ring (bicyclic) bond motifs is 3. The minimum atomic E-state index is -0.268. The number of imidazole rings is 1. The monoisotopic (exact) mass is 472 g/mol. The first kappa shape index (κ1) is 20.9. The molecular formula is C26H28N6O3. The van der Waals surface area contributed by atoms with Crippen molar-refractivity contribution in [3.05, 3.63) is 53.9 Å². The van der Waals surface area contributed by atoms with Gasteiger partial charge in [0.25, 0.3) is 5.91 Å². The highest BCUT2D eigenvalue weighted by Crippen LogP contribution is 2.58. The first-order valence-corrected chi connectivity index (χ1v) is 12.3. The molecule has 9 heteroatoms. The lowest BCUT2D eigenvalue weighted by atomic mass is 9.62. The Morgan fingerprint density at radius 1 is 1.26 bits per heavy atom. The molecule has 180 valence electrons. The van der Waals surface area contributed by atoms with Crippen molar-refractivity contribution in [3.8, 4) is 5.75 Å². The lowest BCUT2D eigenvalue weighted by Gasteiger charge is -2.41. The Kier molecular flexibility index (Phi) is 4.20. The maximum Gasteiger partial charge on any atom is 0.261 e. The fourth-order valence-corrected chi connectivity index (χ4v) is 5.80. The molecule has 1 N–H and O–H groups in total. The van der Waals surface area contributed by atoms with E-state index in [0.717, 1.165) is 42.6 Å². The molecule has 0 spiro atoms. The number of nitrogens with zero attached hydrogens (tertiary/aromatic N) is 5. The lowest BCUT2D eigenvalue weighted by molar-refractivity contribution is 0.0154. The van der Waals surface area contributed by atoms with Gasteiger partial charge in [-0.2, -0.15) is 5.10 Å². The minimum absolute atomic E-state index is 0.0181. The van der Waals surface area contributed by atoms with E-state index in [1.54, 1.807) is 16.9 Å². The lowest BCUT2D eigenvalue weighted by Crippen LogP contribution is -2.45. The van der Waals surface area contributed by atoms with Crippen LogP contribution in [0.2, 0.25) is 0 Å². The fourth-order valence-electron chi connectivity index (χ4n) is 5.80. The summed E-state index contributed by atoms with van der Waals surface area (Å²) in [6, 6.07) is 1.89. The zero-order valence-corrected chi connectivity index (χ0v) is 20.1. The summed E-state index contributed by atoms with van der Waals surface area (Å²) in [6.45, 7) is 6.89. The molecule has 4 aromatic heterocycles. The van der Waals surface area contributed by atoms with Crippen molar-refractivity contribution in [3.63, 3.8) is 0 Å². The van der Waals surface area contributed by atoms with Gasteiger partial charge in [0, 0.05) is 36.3 Å². The maximum absolute atomic E-state index is 13.5. The molecule has 4 aliphatic rings. The number of anilines is 1. The predicted octanol–water partition coefficient (Wildman–Crippen LogP) is 3.94. The highest BCUT2D eigenvalue weighted by Gasteiger charge is 2.61. The fraction of sp³-hybridized carbons (Fsp3) is 0.462. The number of amides is 1. The van der Waals surface area contributed by atoms with E-state index in [1.165, 1.54) is 0 Å². The number of ether oxygens (including phenoxy) is 2. The number of nitrogens with one attached hydrogen (secondary N) is 1. The summed E-state index contributed by atoms with van der Waals surface area (Å²) in [6.07, 6.45) is 13.4. The van der Waals surface area contributed by atoms with E-state index in [0.29, 0.717) is 35.2 Å². The molecule has 4 aromatic rings. The Hall–Kier alpha value is -3.46. The van der Waals surface area contributed by atoms with Crippen LogP contribution in [0.25, 0.3) is 11.3 Å². The molecule has 2 saturated heterocycles. The molecule has 35 heavy (non-hydrogen) atoms. The van der Waals surface area contributed by atoms with Gasteiger partial charge in [0.15, 0.2) is 5.65 Å².